The van der Waals surface area contributed by atoms with E-state index in [1.807, 2.05) is 24.3 Å². The van der Waals surface area contributed by atoms with Crippen LogP contribution in [0.2, 0.25) is 0 Å². The van der Waals surface area contributed by atoms with E-state index in [9.17, 15) is 8.42 Å². The van der Waals surface area contributed by atoms with Crippen LogP contribution in [0.3, 0.4) is 0 Å². The molecule has 2 aromatic carbocycles. The van der Waals surface area contributed by atoms with E-state index in [4.69, 9.17) is 10.3 Å². The molecule has 0 saturated carbocycles. The molecule has 3 N–H and O–H groups in total. The highest BCUT2D eigenvalue weighted by Crippen LogP contribution is 2.05. The molecule has 0 aliphatic rings. The molecule has 0 amide bonds. The molecule has 0 radical (unpaired) electrons. The van der Waals surface area contributed by atoms with Crippen molar-refractivity contribution in [2.75, 3.05) is 5.73 Å². The molecule has 0 aliphatic carbocycles. The lowest BCUT2D eigenvalue weighted by molar-refractivity contribution is 0.483. The van der Waals surface area contributed by atoms with Gasteiger partial charge in [0.15, 0.2) is 0 Å². The molecule has 0 atom stereocenters. The molecule has 0 heterocycles. The third kappa shape index (κ3) is 5.37. The van der Waals surface area contributed by atoms with Crippen LogP contribution in [0.15, 0.2) is 66.1 Å². The van der Waals surface area contributed by atoms with E-state index in [0.29, 0.717) is 0 Å². The number of rotatable bonds is 2. The van der Waals surface area contributed by atoms with Crippen molar-refractivity contribution in [2.45, 2.75) is 4.90 Å². The molecule has 0 aliphatic heterocycles. The minimum Gasteiger partial charge on any atom is -0.399 e. The summed E-state index contributed by atoms with van der Waals surface area (Å²) in [7, 11) is -4.00. The van der Waals surface area contributed by atoms with Crippen LogP contribution in [0.5, 0.6) is 0 Å². The van der Waals surface area contributed by atoms with Gasteiger partial charge < -0.3 is 5.73 Å². The first kappa shape index (κ1) is 14.9. The lowest BCUT2D eigenvalue weighted by atomic mass is 10.2. The summed E-state index contributed by atoms with van der Waals surface area (Å²) in [4.78, 5) is -0.0741. The number of nitrogens with two attached hydrogens (primary N) is 1. The molecule has 0 fully saturated rings. The van der Waals surface area contributed by atoms with E-state index in [2.05, 4.69) is 6.58 Å². The predicted molar refractivity (Wildman–Crippen MR) is 77.2 cm³/mol. The number of hydrogen-bond donors (Lipinski definition) is 2. The van der Waals surface area contributed by atoms with Gasteiger partial charge in [0.25, 0.3) is 10.1 Å². The zero-order chi connectivity index (χ0) is 14.3. The monoisotopic (exact) mass is 277 g/mol. The van der Waals surface area contributed by atoms with E-state index in [1.165, 1.54) is 12.1 Å². The molecule has 2 rings (SSSR count). The smallest absolute Gasteiger partial charge is 0.294 e. The van der Waals surface area contributed by atoms with Crippen molar-refractivity contribution in [3.63, 3.8) is 0 Å². The van der Waals surface area contributed by atoms with Gasteiger partial charge in [-0.3, -0.25) is 4.55 Å². The first-order valence-corrected chi connectivity index (χ1v) is 6.88. The number of hydrogen-bond acceptors (Lipinski definition) is 3. The topological polar surface area (TPSA) is 80.4 Å². The molecule has 0 bridgehead atoms. The average Bonchev–Trinajstić information content (AvgIpc) is 2.40. The third-order valence-corrected chi connectivity index (χ3v) is 3.08. The number of nitrogen functional groups attached to an aromatic ring is 1. The van der Waals surface area contributed by atoms with Crippen LogP contribution >= 0.6 is 0 Å². The molecule has 4 nitrogen and oxygen atoms in total. The molecule has 0 spiro atoms. The first-order chi connectivity index (χ1) is 8.93. The zero-order valence-electron chi connectivity index (χ0n) is 10.2. The van der Waals surface area contributed by atoms with E-state index in [0.717, 1.165) is 11.3 Å². The van der Waals surface area contributed by atoms with Gasteiger partial charge in [0.05, 0.1) is 4.90 Å². The molecule has 0 unspecified atom stereocenters. The highest BCUT2D eigenvalue weighted by molar-refractivity contribution is 7.85. The minimum absolute atomic E-state index is 0.0741. The fraction of sp³-hybridized carbons (Fsp3) is 0. The van der Waals surface area contributed by atoms with Gasteiger partial charge in [-0.15, -0.1) is 0 Å². The Hall–Kier alpha value is -2.11. The fourth-order valence-corrected chi connectivity index (χ4v) is 1.73. The van der Waals surface area contributed by atoms with E-state index < -0.39 is 10.1 Å². The van der Waals surface area contributed by atoms with Crippen molar-refractivity contribution in [1.29, 1.82) is 0 Å². The highest BCUT2D eigenvalue weighted by atomic mass is 32.2. The van der Waals surface area contributed by atoms with Gasteiger partial charge in [-0.25, -0.2) is 0 Å². The van der Waals surface area contributed by atoms with Gasteiger partial charge in [-0.2, -0.15) is 8.42 Å². The third-order valence-electron chi connectivity index (χ3n) is 2.21. The molecule has 2 aromatic rings. The number of anilines is 1. The van der Waals surface area contributed by atoms with Gasteiger partial charge in [0.2, 0.25) is 0 Å². The Morgan fingerprint density at radius 3 is 1.89 bits per heavy atom. The summed E-state index contributed by atoms with van der Waals surface area (Å²) in [6.07, 6.45) is 1.79. The first-order valence-electron chi connectivity index (χ1n) is 5.44. The summed E-state index contributed by atoms with van der Waals surface area (Å²) in [6, 6.07) is 15.0. The van der Waals surface area contributed by atoms with Crippen molar-refractivity contribution in [1.82, 2.24) is 0 Å². The van der Waals surface area contributed by atoms with Crippen molar-refractivity contribution in [3.05, 3.63) is 66.7 Å². The summed E-state index contributed by atoms with van der Waals surface area (Å²) >= 11 is 0. The summed E-state index contributed by atoms with van der Waals surface area (Å²) in [5.41, 5.74) is 7.34. The Balaban J connectivity index is 0.000000191. The van der Waals surface area contributed by atoms with Crippen LogP contribution in [0.4, 0.5) is 5.69 Å². The molecular formula is C14H15NO3S. The average molecular weight is 277 g/mol. The van der Waals surface area contributed by atoms with Crippen molar-refractivity contribution in [2.24, 2.45) is 0 Å². The lowest BCUT2D eigenvalue weighted by Crippen LogP contribution is -1.96. The Labute approximate surface area is 113 Å². The maximum atomic E-state index is 10.4. The maximum Gasteiger partial charge on any atom is 0.294 e. The normalized spacial score (nSPS) is 10.2. The summed E-state index contributed by atoms with van der Waals surface area (Å²) in [5, 5.41) is 0. The molecule has 100 valence electrons. The second-order valence-corrected chi connectivity index (χ2v) is 5.08. The summed E-state index contributed by atoms with van der Waals surface area (Å²) < 4.78 is 29.2. The quantitative estimate of drug-likeness (QED) is 0.653. The van der Waals surface area contributed by atoms with Crippen LogP contribution in [-0.2, 0) is 10.1 Å². The molecular weight excluding hydrogens is 262 g/mol. The van der Waals surface area contributed by atoms with Gasteiger partial charge >= 0.3 is 0 Å². The molecule has 0 aromatic heterocycles. The molecule has 19 heavy (non-hydrogen) atoms. The van der Waals surface area contributed by atoms with Crippen LogP contribution in [0.25, 0.3) is 6.08 Å². The Morgan fingerprint density at radius 2 is 1.53 bits per heavy atom. The summed E-state index contributed by atoms with van der Waals surface area (Å²) in [6.45, 7) is 3.62. The Kier molecular flexibility index (Phi) is 5.29. The maximum absolute atomic E-state index is 10.4. The van der Waals surface area contributed by atoms with Gasteiger partial charge in [0, 0.05) is 5.69 Å². The summed E-state index contributed by atoms with van der Waals surface area (Å²) in [5.74, 6) is 0. The fourth-order valence-electron chi connectivity index (χ4n) is 1.22. The predicted octanol–water partition coefficient (Wildman–Crippen LogP) is 2.85. The van der Waals surface area contributed by atoms with Crippen LogP contribution in [0.1, 0.15) is 5.56 Å². The largest absolute Gasteiger partial charge is 0.399 e. The second-order valence-electron chi connectivity index (χ2n) is 3.66. The van der Waals surface area contributed by atoms with Gasteiger partial charge in [-0.1, -0.05) is 43.0 Å². The van der Waals surface area contributed by atoms with Crippen molar-refractivity contribution in [3.8, 4) is 0 Å². The van der Waals surface area contributed by atoms with Crippen molar-refractivity contribution >= 4 is 21.9 Å². The Bertz CT molecular complexity index is 620. The highest BCUT2D eigenvalue weighted by Gasteiger charge is 2.05. The Morgan fingerprint density at radius 1 is 1.00 bits per heavy atom. The van der Waals surface area contributed by atoms with Crippen molar-refractivity contribution < 1.29 is 13.0 Å². The zero-order valence-corrected chi connectivity index (χ0v) is 11.0. The van der Waals surface area contributed by atoms with Gasteiger partial charge in [-0.05, 0) is 29.8 Å². The minimum atomic E-state index is -4.00. The number of benzene rings is 2. The van der Waals surface area contributed by atoms with Crippen LogP contribution < -0.4 is 5.73 Å². The standard InChI is InChI=1S/C8H9N.C6H6O3S/c1-2-7-3-5-8(9)6-4-7;7-10(8,9)6-4-2-1-3-5-6/h2-6H,1,9H2;1-5H,(H,7,8,9). The lowest BCUT2D eigenvalue weighted by Gasteiger charge is -1.92. The molecule has 5 heteroatoms. The van der Waals surface area contributed by atoms with Crippen LogP contribution in [-0.4, -0.2) is 13.0 Å². The van der Waals surface area contributed by atoms with E-state index in [-0.39, 0.29) is 4.90 Å². The SMILES string of the molecule is C=Cc1ccc(N)cc1.O=S(=O)(O)c1ccccc1. The second kappa shape index (κ2) is 6.72. The van der Waals surface area contributed by atoms with Crippen LogP contribution in [0, 0.1) is 0 Å². The molecule has 0 saturated heterocycles. The van der Waals surface area contributed by atoms with E-state index in [1.54, 1.807) is 24.3 Å². The van der Waals surface area contributed by atoms with E-state index >= 15 is 0 Å². The van der Waals surface area contributed by atoms with Gasteiger partial charge in [0.1, 0.15) is 0 Å².